The Morgan fingerprint density at radius 1 is 1.33 bits per heavy atom. The molecule has 0 radical (unpaired) electrons. The lowest BCUT2D eigenvalue weighted by molar-refractivity contribution is 0.100. The summed E-state index contributed by atoms with van der Waals surface area (Å²) in [4.78, 5) is 11.2. The van der Waals surface area contributed by atoms with Crippen molar-refractivity contribution in [2.75, 3.05) is 5.32 Å². The summed E-state index contributed by atoms with van der Waals surface area (Å²) in [6, 6.07) is 10.5. The molecule has 0 aromatic heterocycles. The highest BCUT2D eigenvalue weighted by Gasteiger charge is 2.15. The van der Waals surface area contributed by atoms with E-state index in [0.717, 1.165) is 0 Å². The van der Waals surface area contributed by atoms with Gasteiger partial charge in [-0.05, 0) is 30.7 Å². The summed E-state index contributed by atoms with van der Waals surface area (Å²) in [5.74, 6) is -0.953. The Labute approximate surface area is 122 Å². The number of aromatic hydroxyl groups is 1. The first-order valence-electron chi connectivity index (χ1n) is 6.66. The second-order valence-electron chi connectivity index (χ2n) is 4.72. The Bertz CT molecular complexity index is 658. The topological polar surface area (TPSA) is 75.3 Å². The molecule has 0 aliphatic rings. The fourth-order valence-electron chi connectivity index (χ4n) is 2.16. The molecular formula is C16H17FN2O2. The van der Waals surface area contributed by atoms with Gasteiger partial charge < -0.3 is 16.2 Å². The average molecular weight is 288 g/mol. The monoisotopic (exact) mass is 288 g/mol. The van der Waals surface area contributed by atoms with Crippen LogP contribution in [0, 0.1) is 5.82 Å². The number of nitrogens with one attached hydrogen (secondary N) is 1. The number of hydrogen-bond donors (Lipinski definition) is 3. The Hall–Kier alpha value is -2.56. The third-order valence-corrected chi connectivity index (χ3v) is 3.30. The van der Waals surface area contributed by atoms with Crippen molar-refractivity contribution < 1.29 is 14.3 Å². The molecule has 0 saturated carbocycles. The fourth-order valence-corrected chi connectivity index (χ4v) is 2.16. The minimum absolute atomic E-state index is 0.142. The van der Waals surface area contributed by atoms with Gasteiger partial charge in [-0.25, -0.2) is 4.39 Å². The number of carbonyl (C=O) groups excluding carboxylic acids is 1. The lowest BCUT2D eigenvalue weighted by atomic mass is 10.0. The van der Waals surface area contributed by atoms with Crippen molar-refractivity contribution in [2.24, 2.45) is 5.73 Å². The van der Waals surface area contributed by atoms with Crippen molar-refractivity contribution in [1.29, 1.82) is 0 Å². The summed E-state index contributed by atoms with van der Waals surface area (Å²) in [6.07, 6.45) is 0.637. The number of anilines is 1. The van der Waals surface area contributed by atoms with Crippen LogP contribution in [0.1, 0.15) is 35.3 Å². The molecule has 110 valence electrons. The van der Waals surface area contributed by atoms with E-state index in [9.17, 15) is 14.3 Å². The number of benzene rings is 2. The van der Waals surface area contributed by atoms with Gasteiger partial charge in [0.05, 0.1) is 11.7 Å². The molecule has 2 aromatic carbocycles. The first kappa shape index (κ1) is 14.8. The van der Waals surface area contributed by atoms with Gasteiger partial charge in [0.25, 0.3) is 0 Å². The molecule has 2 aromatic rings. The molecule has 1 amide bonds. The van der Waals surface area contributed by atoms with Crippen molar-refractivity contribution >= 4 is 11.6 Å². The van der Waals surface area contributed by atoms with Gasteiger partial charge in [0.2, 0.25) is 5.91 Å². The lowest BCUT2D eigenvalue weighted by Crippen LogP contribution is -2.14. The van der Waals surface area contributed by atoms with Gasteiger partial charge in [-0.15, -0.1) is 0 Å². The first-order chi connectivity index (χ1) is 10.0. The maximum atomic E-state index is 13.9. The zero-order valence-corrected chi connectivity index (χ0v) is 11.6. The van der Waals surface area contributed by atoms with Crippen molar-refractivity contribution in [1.82, 2.24) is 0 Å². The van der Waals surface area contributed by atoms with E-state index in [1.165, 1.54) is 18.2 Å². The number of hydrogen-bond acceptors (Lipinski definition) is 3. The number of para-hydroxylation sites is 1. The number of carbonyl (C=O) groups is 1. The van der Waals surface area contributed by atoms with Gasteiger partial charge >= 0.3 is 0 Å². The van der Waals surface area contributed by atoms with Crippen molar-refractivity contribution in [3.8, 4) is 5.75 Å². The van der Waals surface area contributed by atoms with Crippen LogP contribution in [0.15, 0.2) is 42.5 Å². The Balaban J connectivity index is 2.33. The number of phenols is 1. The largest absolute Gasteiger partial charge is 0.508 e. The summed E-state index contributed by atoms with van der Waals surface area (Å²) in [5, 5.41) is 12.9. The van der Waals surface area contributed by atoms with Crippen LogP contribution in [-0.2, 0) is 0 Å². The van der Waals surface area contributed by atoms with Gasteiger partial charge in [0.1, 0.15) is 11.6 Å². The maximum Gasteiger partial charge on any atom is 0.248 e. The Morgan fingerprint density at radius 2 is 2.05 bits per heavy atom. The molecule has 0 heterocycles. The number of phenolic OH excluding ortho intramolecular Hbond substituents is 1. The predicted octanol–water partition coefficient (Wildman–Crippen LogP) is 3.19. The van der Waals surface area contributed by atoms with E-state index < -0.39 is 11.7 Å². The van der Waals surface area contributed by atoms with Crippen LogP contribution in [0.5, 0.6) is 5.75 Å². The summed E-state index contributed by atoms with van der Waals surface area (Å²) >= 11 is 0. The molecule has 4 nitrogen and oxygen atoms in total. The van der Waals surface area contributed by atoms with E-state index in [1.54, 1.807) is 24.3 Å². The van der Waals surface area contributed by atoms with Gasteiger partial charge in [-0.2, -0.15) is 0 Å². The van der Waals surface area contributed by atoms with Crippen LogP contribution in [0.4, 0.5) is 10.1 Å². The van der Waals surface area contributed by atoms with E-state index in [4.69, 9.17) is 5.73 Å². The summed E-state index contributed by atoms with van der Waals surface area (Å²) in [6.45, 7) is 1.92. The second kappa shape index (κ2) is 6.26. The molecule has 0 aliphatic heterocycles. The molecular weight excluding hydrogens is 271 g/mol. The molecule has 1 atom stereocenters. The fraction of sp³-hybridized carbons (Fsp3) is 0.188. The molecule has 0 aliphatic carbocycles. The van der Waals surface area contributed by atoms with Gasteiger partial charge in [-0.1, -0.05) is 25.1 Å². The quantitative estimate of drug-likeness (QED) is 0.791. The average Bonchev–Trinajstić information content (AvgIpc) is 2.47. The third kappa shape index (κ3) is 3.31. The molecule has 0 fully saturated rings. The van der Waals surface area contributed by atoms with E-state index in [0.29, 0.717) is 12.0 Å². The van der Waals surface area contributed by atoms with E-state index in [2.05, 4.69) is 5.32 Å². The first-order valence-corrected chi connectivity index (χ1v) is 6.66. The van der Waals surface area contributed by atoms with Crippen LogP contribution in [0.2, 0.25) is 0 Å². The van der Waals surface area contributed by atoms with Gasteiger partial charge in [-0.3, -0.25) is 4.79 Å². The van der Waals surface area contributed by atoms with E-state index in [-0.39, 0.29) is 23.0 Å². The molecule has 2 rings (SSSR count). The SMILES string of the molecule is CCC(Nc1cc(C(N)=O)ccc1F)c1ccccc1O. The summed E-state index contributed by atoms with van der Waals surface area (Å²) < 4.78 is 13.9. The number of amides is 1. The molecule has 0 bridgehead atoms. The molecule has 0 saturated heterocycles. The predicted molar refractivity (Wildman–Crippen MR) is 79.7 cm³/mol. The number of nitrogens with two attached hydrogens (primary N) is 1. The van der Waals surface area contributed by atoms with Crippen LogP contribution < -0.4 is 11.1 Å². The van der Waals surface area contributed by atoms with Crippen LogP contribution >= 0.6 is 0 Å². The van der Waals surface area contributed by atoms with Crippen LogP contribution in [-0.4, -0.2) is 11.0 Å². The zero-order valence-electron chi connectivity index (χ0n) is 11.6. The minimum Gasteiger partial charge on any atom is -0.508 e. The standard InChI is InChI=1S/C16H17FN2O2/c1-2-13(11-5-3-4-6-15(11)20)19-14-9-10(16(18)21)7-8-12(14)17/h3-9,13,19-20H,2H2,1H3,(H2,18,21). The maximum absolute atomic E-state index is 13.9. The molecule has 1 unspecified atom stereocenters. The minimum atomic E-state index is -0.617. The summed E-state index contributed by atoms with van der Waals surface area (Å²) in [5.41, 5.74) is 6.28. The number of halogens is 1. The zero-order chi connectivity index (χ0) is 15.4. The van der Waals surface area contributed by atoms with Crippen LogP contribution in [0.3, 0.4) is 0 Å². The van der Waals surface area contributed by atoms with E-state index in [1.807, 2.05) is 6.92 Å². The lowest BCUT2D eigenvalue weighted by Gasteiger charge is -2.20. The van der Waals surface area contributed by atoms with E-state index >= 15 is 0 Å². The molecule has 0 spiro atoms. The summed E-state index contributed by atoms with van der Waals surface area (Å²) in [7, 11) is 0. The highest BCUT2D eigenvalue weighted by Crippen LogP contribution is 2.30. The van der Waals surface area contributed by atoms with Crippen molar-refractivity contribution in [3.63, 3.8) is 0 Å². The van der Waals surface area contributed by atoms with Crippen LogP contribution in [0.25, 0.3) is 0 Å². The van der Waals surface area contributed by atoms with Gasteiger partial charge in [0, 0.05) is 11.1 Å². The third-order valence-electron chi connectivity index (χ3n) is 3.30. The Morgan fingerprint density at radius 3 is 2.67 bits per heavy atom. The van der Waals surface area contributed by atoms with Crippen molar-refractivity contribution in [2.45, 2.75) is 19.4 Å². The molecule has 4 N–H and O–H groups in total. The highest BCUT2D eigenvalue weighted by atomic mass is 19.1. The highest BCUT2D eigenvalue weighted by molar-refractivity contribution is 5.93. The molecule has 21 heavy (non-hydrogen) atoms. The van der Waals surface area contributed by atoms with Gasteiger partial charge in [0.15, 0.2) is 0 Å². The number of rotatable bonds is 5. The second-order valence-corrected chi connectivity index (χ2v) is 4.72. The smallest absolute Gasteiger partial charge is 0.248 e. The van der Waals surface area contributed by atoms with Crippen molar-refractivity contribution in [3.05, 3.63) is 59.4 Å². The normalized spacial score (nSPS) is 11.9. The Kier molecular flexibility index (Phi) is 4.42. The molecule has 5 heteroatoms. The number of primary amides is 1.